The highest BCUT2D eigenvalue weighted by Gasteiger charge is 2.26. The van der Waals surface area contributed by atoms with Crippen LogP contribution in [-0.4, -0.2) is 29.6 Å². The molecule has 1 aromatic carbocycles. The molecule has 0 aliphatic heterocycles. The van der Waals surface area contributed by atoms with Gasteiger partial charge in [-0.1, -0.05) is 12.1 Å². The molecular weight excluding hydrogens is 256 g/mol. The van der Waals surface area contributed by atoms with Gasteiger partial charge < -0.3 is 10.1 Å². The predicted molar refractivity (Wildman–Crippen MR) is 74.1 cm³/mol. The third-order valence-electron chi connectivity index (χ3n) is 2.78. The SMILES string of the molecule is CCNc1nc2ccccc2nc1[C@H](C#N)C(=O)OC. The zero-order valence-corrected chi connectivity index (χ0v) is 11.3. The number of esters is 1. The lowest BCUT2D eigenvalue weighted by Gasteiger charge is -2.13. The molecular formula is C14H14N4O2. The van der Waals surface area contributed by atoms with Crippen LogP contribution in [0.5, 0.6) is 0 Å². The smallest absolute Gasteiger partial charge is 0.329 e. The van der Waals surface area contributed by atoms with E-state index in [4.69, 9.17) is 0 Å². The van der Waals surface area contributed by atoms with Crippen LogP contribution in [-0.2, 0) is 9.53 Å². The minimum atomic E-state index is -1.09. The molecule has 0 fully saturated rings. The van der Waals surface area contributed by atoms with Gasteiger partial charge in [0.25, 0.3) is 0 Å². The molecule has 0 spiro atoms. The van der Waals surface area contributed by atoms with Crippen LogP contribution < -0.4 is 5.32 Å². The van der Waals surface area contributed by atoms with Gasteiger partial charge >= 0.3 is 5.97 Å². The fourth-order valence-corrected chi connectivity index (χ4v) is 1.86. The Kier molecular flexibility index (Phi) is 4.11. The number of nitrogens with zero attached hydrogens (tertiary/aromatic N) is 3. The van der Waals surface area contributed by atoms with Crippen LogP contribution in [0, 0.1) is 11.3 Å². The van der Waals surface area contributed by atoms with Gasteiger partial charge in [0.2, 0.25) is 0 Å². The Hall–Kier alpha value is -2.68. The molecule has 2 rings (SSSR count). The standard InChI is InChI=1S/C14H14N4O2/c1-3-16-13-12(9(8-15)14(19)20-2)17-10-6-4-5-7-11(10)18-13/h4-7,9H,3H2,1-2H3,(H,16,18)/t9-/m0/s1. The zero-order valence-electron chi connectivity index (χ0n) is 11.3. The minimum Gasteiger partial charge on any atom is -0.468 e. The number of anilines is 1. The average Bonchev–Trinajstić information content (AvgIpc) is 2.48. The highest BCUT2D eigenvalue weighted by atomic mass is 16.5. The maximum absolute atomic E-state index is 11.7. The molecule has 1 aromatic heterocycles. The molecule has 1 N–H and O–H groups in total. The summed E-state index contributed by atoms with van der Waals surface area (Å²) in [6.07, 6.45) is 0. The third kappa shape index (κ3) is 2.52. The number of carbonyl (C=O) groups is 1. The number of carbonyl (C=O) groups excluding carboxylic acids is 1. The van der Waals surface area contributed by atoms with Gasteiger partial charge in [-0.3, -0.25) is 4.79 Å². The number of hydrogen-bond donors (Lipinski definition) is 1. The molecule has 1 heterocycles. The van der Waals surface area contributed by atoms with Crippen LogP contribution in [0.3, 0.4) is 0 Å². The van der Waals surface area contributed by atoms with Crippen LogP contribution >= 0.6 is 0 Å². The van der Waals surface area contributed by atoms with Gasteiger partial charge in [-0.15, -0.1) is 0 Å². The predicted octanol–water partition coefficient (Wildman–Crippen LogP) is 1.84. The lowest BCUT2D eigenvalue weighted by Crippen LogP contribution is -2.17. The lowest BCUT2D eigenvalue weighted by atomic mass is 10.1. The number of nitriles is 1. The Balaban J connectivity index is 2.62. The molecule has 0 saturated carbocycles. The van der Waals surface area contributed by atoms with Gasteiger partial charge in [-0.25, -0.2) is 9.97 Å². The lowest BCUT2D eigenvalue weighted by molar-refractivity contribution is -0.141. The van der Waals surface area contributed by atoms with Crippen LogP contribution in [0.4, 0.5) is 5.82 Å². The Morgan fingerprint density at radius 3 is 2.60 bits per heavy atom. The summed E-state index contributed by atoms with van der Waals surface area (Å²) in [6.45, 7) is 2.51. The van der Waals surface area contributed by atoms with Gasteiger partial charge in [0.1, 0.15) is 5.69 Å². The summed E-state index contributed by atoms with van der Waals surface area (Å²) in [5.41, 5.74) is 1.63. The van der Waals surface area contributed by atoms with E-state index in [1.54, 1.807) is 6.07 Å². The van der Waals surface area contributed by atoms with Crippen molar-refractivity contribution in [3.63, 3.8) is 0 Å². The minimum absolute atomic E-state index is 0.292. The molecule has 1 atom stereocenters. The van der Waals surface area contributed by atoms with Crippen LogP contribution in [0.1, 0.15) is 18.5 Å². The Morgan fingerprint density at radius 1 is 1.40 bits per heavy atom. The first-order valence-corrected chi connectivity index (χ1v) is 6.19. The van der Waals surface area contributed by atoms with E-state index >= 15 is 0 Å². The number of hydrogen-bond acceptors (Lipinski definition) is 6. The van der Waals surface area contributed by atoms with E-state index in [-0.39, 0.29) is 0 Å². The number of para-hydroxylation sites is 2. The van der Waals surface area contributed by atoms with Crippen molar-refractivity contribution in [1.82, 2.24) is 9.97 Å². The Morgan fingerprint density at radius 2 is 2.05 bits per heavy atom. The zero-order chi connectivity index (χ0) is 14.5. The highest BCUT2D eigenvalue weighted by molar-refractivity contribution is 5.84. The second-order valence-electron chi connectivity index (χ2n) is 4.06. The topological polar surface area (TPSA) is 87.9 Å². The monoisotopic (exact) mass is 270 g/mol. The van der Waals surface area contributed by atoms with E-state index in [0.29, 0.717) is 29.1 Å². The van der Waals surface area contributed by atoms with Crippen molar-refractivity contribution in [2.45, 2.75) is 12.8 Å². The van der Waals surface area contributed by atoms with Crippen LogP contribution in [0.25, 0.3) is 11.0 Å². The van der Waals surface area contributed by atoms with E-state index in [9.17, 15) is 10.1 Å². The van der Waals surface area contributed by atoms with Crippen molar-refractivity contribution < 1.29 is 9.53 Å². The summed E-state index contributed by atoms with van der Waals surface area (Å²) in [5.74, 6) is -1.30. The van der Waals surface area contributed by atoms with E-state index in [1.807, 2.05) is 31.2 Å². The molecule has 0 aliphatic rings. The Labute approximate surface area is 116 Å². The molecule has 0 bridgehead atoms. The quantitative estimate of drug-likeness (QED) is 0.853. The van der Waals surface area contributed by atoms with E-state index in [1.165, 1.54) is 7.11 Å². The van der Waals surface area contributed by atoms with Crippen LogP contribution in [0.2, 0.25) is 0 Å². The number of fused-ring (bicyclic) bond motifs is 1. The van der Waals surface area contributed by atoms with Crippen molar-refractivity contribution in [3.8, 4) is 6.07 Å². The molecule has 0 radical (unpaired) electrons. The molecule has 2 aromatic rings. The molecule has 0 unspecified atom stereocenters. The first-order valence-electron chi connectivity index (χ1n) is 6.19. The third-order valence-corrected chi connectivity index (χ3v) is 2.78. The molecule has 0 saturated heterocycles. The fourth-order valence-electron chi connectivity index (χ4n) is 1.86. The summed E-state index contributed by atoms with van der Waals surface area (Å²) in [5, 5.41) is 12.2. The molecule has 102 valence electrons. The van der Waals surface area contributed by atoms with E-state index in [2.05, 4.69) is 20.0 Å². The van der Waals surface area contributed by atoms with E-state index < -0.39 is 11.9 Å². The number of rotatable bonds is 4. The van der Waals surface area contributed by atoms with Crippen molar-refractivity contribution in [2.75, 3.05) is 19.0 Å². The molecule has 0 aliphatic carbocycles. The van der Waals surface area contributed by atoms with Crippen molar-refractivity contribution in [2.24, 2.45) is 0 Å². The van der Waals surface area contributed by atoms with Crippen molar-refractivity contribution in [3.05, 3.63) is 30.0 Å². The van der Waals surface area contributed by atoms with Crippen molar-refractivity contribution in [1.29, 1.82) is 5.26 Å². The maximum atomic E-state index is 11.7. The van der Waals surface area contributed by atoms with E-state index in [0.717, 1.165) is 0 Å². The summed E-state index contributed by atoms with van der Waals surface area (Å²) in [6, 6.07) is 9.21. The van der Waals surface area contributed by atoms with Gasteiger partial charge in [0.05, 0.1) is 24.2 Å². The summed E-state index contributed by atoms with van der Waals surface area (Å²) >= 11 is 0. The van der Waals surface area contributed by atoms with Gasteiger partial charge in [-0.2, -0.15) is 5.26 Å². The van der Waals surface area contributed by atoms with Gasteiger partial charge in [0.15, 0.2) is 11.7 Å². The molecule has 6 heteroatoms. The average molecular weight is 270 g/mol. The number of ether oxygens (including phenoxy) is 1. The number of aromatic nitrogens is 2. The highest BCUT2D eigenvalue weighted by Crippen LogP contribution is 2.24. The number of methoxy groups -OCH3 is 1. The summed E-state index contributed by atoms with van der Waals surface area (Å²) < 4.78 is 4.65. The number of nitrogens with one attached hydrogen (secondary N) is 1. The Bertz CT molecular complexity index is 678. The second kappa shape index (κ2) is 5.97. The van der Waals surface area contributed by atoms with Gasteiger partial charge in [0, 0.05) is 6.54 Å². The second-order valence-corrected chi connectivity index (χ2v) is 4.06. The molecule has 20 heavy (non-hydrogen) atoms. The van der Waals surface area contributed by atoms with Crippen LogP contribution in [0.15, 0.2) is 24.3 Å². The molecule has 0 amide bonds. The first-order chi connectivity index (χ1) is 9.71. The summed E-state index contributed by atoms with van der Waals surface area (Å²) in [7, 11) is 1.24. The van der Waals surface area contributed by atoms with Crippen molar-refractivity contribution >= 4 is 22.8 Å². The van der Waals surface area contributed by atoms with Gasteiger partial charge in [-0.05, 0) is 19.1 Å². The molecule has 6 nitrogen and oxygen atoms in total. The first kappa shape index (κ1) is 13.7. The summed E-state index contributed by atoms with van der Waals surface area (Å²) in [4.78, 5) is 20.5. The normalized spacial score (nSPS) is 11.7. The maximum Gasteiger partial charge on any atom is 0.329 e. The largest absolute Gasteiger partial charge is 0.468 e. The number of benzene rings is 1. The fraction of sp³-hybridized carbons (Fsp3) is 0.286.